The molecule has 3 rings (SSSR count). The number of carbonyl (C=O) groups is 1. The maximum absolute atomic E-state index is 13.7. The van der Waals surface area contributed by atoms with Crippen LogP contribution in [0.1, 0.15) is 23.7 Å². The van der Waals surface area contributed by atoms with Crippen molar-refractivity contribution in [1.82, 2.24) is 14.2 Å². The van der Waals surface area contributed by atoms with E-state index in [0.29, 0.717) is 23.8 Å². The Bertz CT molecular complexity index is 1300. The number of ether oxygens (including phenoxy) is 3. The van der Waals surface area contributed by atoms with E-state index in [1.54, 1.807) is 17.0 Å². The van der Waals surface area contributed by atoms with Gasteiger partial charge in [-0.3, -0.25) is 9.69 Å². The highest BCUT2D eigenvalue weighted by molar-refractivity contribution is 7.89. The molecule has 0 fully saturated rings. The van der Waals surface area contributed by atoms with Crippen LogP contribution in [0, 0.1) is 0 Å². The highest BCUT2D eigenvalue weighted by atomic mass is 32.2. The molecule has 0 spiro atoms. The topological polar surface area (TPSA) is 102 Å². The number of sulfonamides is 1. The fourth-order valence-electron chi connectivity index (χ4n) is 3.91. The van der Waals surface area contributed by atoms with Crippen molar-refractivity contribution in [2.75, 3.05) is 79.2 Å². The number of aromatic nitrogens is 1. The zero-order chi connectivity index (χ0) is 28.4. The zero-order valence-corrected chi connectivity index (χ0v) is 24.9. The van der Waals surface area contributed by atoms with Crippen molar-refractivity contribution in [1.29, 1.82) is 0 Å². The van der Waals surface area contributed by atoms with E-state index in [4.69, 9.17) is 19.2 Å². The number of benzene rings is 2. The summed E-state index contributed by atoms with van der Waals surface area (Å²) < 4.78 is 44.5. The fraction of sp³-hybridized carbons (Fsp3) is 0.481. The number of anilines is 1. The van der Waals surface area contributed by atoms with Crippen LogP contribution in [-0.4, -0.2) is 103 Å². The van der Waals surface area contributed by atoms with Crippen LogP contribution < -0.4 is 9.64 Å². The van der Waals surface area contributed by atoms with Gasteiger partial charge in [0, 0.05) is 39.4 Å². The molecule has 12 heteroatoms. The Morgan fingerprint density at radius 1 is 0.949 bits per heavy atom. The summed E-state index contributed by atoms with van der Waals surface area (Å²) in [7, 11) is 3.23. The number of nitrogens with zero attached hydrogens (tertiary/aromatic N) is 4. The molecule has 39 heavy (non-hydrogen) atoms. The van der Waals surface area contributed by atoms with E-state index in [2.05, 4.69) is 4.90 Å². The molecule has 214 valence electrons. The van der Waals surface area contributed by atoms with Crippen LogP contribution in [0.2, 0.25) is 0 Å². The molecule has 1 aromatic heterocycles. The van der Waals surface area contributed by atoms with Crippen LogP contribution in [-0.2, 0) is 19.5 Å². The molecule has 10 nitrogen and oxygen atoms in total. The van der Waals surface area contributed by atoms with Gasteiger partial charge < -0.3 is 19.1 Å². The molecule has 2 aromatic carbocycles. The number of methoxy groups -OCH3 is 2. The van der Waals surface area contributed by atoms with Crippen molar-refractivity contribution >= 4 is 42.6 Å². The summed E-state index contributed by atoms with van der Waals surface area (Å²) in [6.07, 6.45) is 0.749. The van der Waals surface area contributed by atoms with Crippen molar-refractivity contribution in [3.8, 4) is 5.75 Å². The summed E-state index contributed by atoms with van der Waals surface area (Å²) in [5.74, 6) is 0.518. The molecular weight excluding hydrogens is 540 g/mol. The maximum Gasteiger partial charge on any atom is 0.260 e. The minimum atomic E-state index is -3.79. The minimum Gasteiger partial charge on any atom is -0.494 e. The van der Waals surface area contributed by atoms with Gasteiger partial charge in [-0.1, -0.05) is 11.3 Å². The molecule has 0 aliphatic rings. The van der Waals surface area contributed by atoms with E-state index < -0.39 is 10.0 Å². The predicted octanol–water partition coefficient (Wildman–Crippen LogP) is 3.58. The summed E-state index contributed by atoms with van der Waals surface area (Å²) >= 11 is 1.43. The molecule has 1 heterocycles. The summed E-state index contributed by atoms with van der Waals surface area (Å²) in [6, 6.07) is 11.7. The first-order valence-electron chi connectivity index (χ1n) is 12.8. The van der Waals surface area contributed by atoms with Gasteiger partial charge in [0.2, 0.25) is 10.0 Å². The van der Waals surface area contributed by atoms with Gasteiger partial charge in [0.05, 0.1) is 34.9 Å². The van der Waals surface area contributed by atoms with Crippen LogP contribution in [0.25, 0.3) is 10.2 Å². The first-order chi connectivity index (χ1) is 18.7. The first-order valence-corrected chi connectivity index (χ1v) is 15.0. The fourth-order valence-corrected chi connectivity index (χ4v) is 6.33. The highest BCUT2D eigenvalue weighted by Crippen LogP contribution is 2.32. The van der Waals surface area contributed by atoms with Crippen LogP contribution >= 0.6 is 11.3 Å². The minimum absolute atomic E-state index is 0.105. The first kappa shape index (κ1) is 30.9. The van der Waals surface area contributed by atoms with E-state index >= 15 is 0 Å². The average Bonchev–Trinajstić information content (AvgIpc) is 3.34. The van der Waals surface area contributed by atoms with Crippen molar-refractivity contribution < 1.29 is 27.4 Å². The summed E-state index contributed by atoms with van der Waals surface area (Å²) in [5, 5.41) is 0.587. The van der Waals surface area contributed by atoms with Crippen molar-refractivity contribution in [2.45, 2.75) is 18.2 Å². The van der Waals surface area contributed by atoms with Gasteiger partial charge in [-0.15, -0.1) is 0 Å². The second-order valence-electron chi connectivity index (χ2n) is 9.09. The third kappa shape index (κ3) is 8.19. The number of rotatable bonds is 16. The van der Waals surface area contributed by atoms with Crippen molar-refractivity contribution in [3.63, 3.8) is 0 Å². The van der Waals surface area contributed by atoms with Gasteiger partial charge in [-0.2, -0.15) is 4.31 Å². The van der Waals surface area contributed by atoms with E-state index in [-0.39, 0.29) is 37.1 Å². The molecule has 0 unspecified atom stereocenters. The lowest BCUT2D eigenvalue weighted by molar-refractivity contribution is 0.0986. The van der Waals surface area contributed by atoms with Gasteiger partial charge in [0.1, 0.15) is 5.75 Å². The number of thiazole rings is 1. The van der Waals surface area contributed by atoms with E-state index in [1.165, 1.54) is 42.0 Å². The van der Waals surface area contributed by atoms with Gasteiger partial charge in [-0.25, -0.2) is 13.4 Å². The number of amides is 1. The second kappa shape index (κ2) is 14.7. The smallest absolute Gasteiger partial charge is 0.260 e. The van der Waals surface area contributed by atoms with Crippen LogP contribution in [0.3, 0.4) is 0 Å². The predicted molar refractivity (Wildman–Crippen MR) is 155 cm³/mol. The standard InChI is InChI=1S/C27H38N4O6S2/c1-6-37-22-10-13-24-25(20-22)38-27(28-24)31(15-7-14-29(2)3)26(32)21-8-11-23(12-9-21)39(33,34)30(16-18-35-4)17-19-36-5/h8-13,20H,6-7,14-19H2,1-5H3. The van der Waals surface area contributed by atoms with Crippen LogP contribution in [0.15, 0.2) is 47.4 Å². The Hall–Kier alpha value is -2.61. The van der Waals surface area contributed by atoms with Crippen molar-refractivity contribution in [2.24, 2.45) is 0 Å². The Kier molecular flexibility index (Phi) is 11.6. The molecule has 0 bridgehead atoms. The molecule has 0 aliphatic carbocycles. The molecular formula is C27H38N4O6S2. The quantitative estimate of drug-likeness (QED) is 0.254. The number of carbonyl (C=O) groups excluding carboxylic acids is 1. The molecule has 0 aliphatic heterocycles. The summed E-state index contributed by atoms with van der Waals surface area (Å²) in [6.45, 7) is 4.69. The van der Waals surface area contributed by atoms with Gasteiger partial charge >= 0.3 is 0 Å². The molecule has 0 saturated heterocycles. The van der Waals surface area contributed by atoms with E-state index in [0.717, 1.165) is 28.9 Å². The van der Waals surface area contributed by atoms with Crippen molar-refractivity contribution in [3.05, 3.63) is 48.0 Å². The number of hydrogen-bond acceptors (Lipinski definition) is 9. The Labute approximate surface area is 235 Å². The Morgan fingerprint density at radius 2 is 1.62 bits per heavy atom. The van der Waals surface area contributed by atoms with E-state index in [9.17, 15) is 13.2 Å². The highest BCUT2D eigenvalue weighted by Gasteiger charge is 2.26. The summed E-state index contributed by atoms with van der Waals surface area (Å²) in [5.41, 5.74) is 1.17. The molecule has 3 aromatic rings. The molecule has 0 N–H and O–H groups in total. The third-order valence-electron chi connectivity index (χ3n) is 5.95. The lowest BCUT2D eigenvalue weighted by atomic mass is 10.2. The SMILES string of the molecule is CCOc1ccc2nc(N(CCCN(C)C)C(=O)c3ccc(S(=O)(=O)N(CCOC)CCOC)cc3)sc2c1. The third-order valence-corrected chi connectivity index (χ3v) is 8.91. The van der Waals surface area contributed by atoms with Gasteiger partial charge in [0.25, 0.3) is 5.91 Å². The number of fused-ring (bicyclic) bond motifs is 1. The lowest BCUT2D eigenvalue weighted by Gasteiger charge is -2.22. The maximum atomic E-state index is 13.7. The number of hydrogen-bond donors (Lipinski definition) is 0. The molecule has 0 radical (unpaired) electrons. The Morgan fingerprint density at radius 3 is 2.21 bits per heavy atom. The molecule has 0 saturated carbocycles. The largest absolute Gasteiger partial charge is 0.494 e. The van der Waals surface area contributed by atoms with Gasteiger partial charge in [0.15, 0.2) is 5.13 Å². The van der Waals surface area contributed by atoms with Crippen LogP contribution in [0.4, 0.5) is 5.13 Å². The van der Waals surface area contributed by atoms with Crippen LogP contribution in [0.5, 0.6) is 5.75 Å². The monoisotopic (exact) mass is 578 g/mol. The lowest BCUT2D eigenvalue weighted by Crippen LogP contribution is -2.36. The Balaban J connectivity index is 1.89. The molecule has 1 amide bonds. The average molecular weight is 579 g/mol. The summed E-state index contributed by atoms with van der Waals surface area (Å²) in [4.78, 5) is 22.3. The second-order valence-corrected chi connectivity index (χ2v) is 12.0. The zero-order valence-electron chi connectivity index (χ0n) is 23.3. The van der Waals surface area contributed by atoms with Gasteiger partial charge in [-0.05, 0) is 76.4 Å². The normalized spacial score (nSPS) is 12.0. The van der Waals surface area contributed by atoms with E-state index in [1.807, 2.05) is 39.2 Å². The molecule has 0 atom stereocenters.